The lowest BCUT2D eigenvalue weighted by Crippen LogP contribution is -2.32. The first-order chi connectivity index (χ1) is 10.9. The average molecular weight is 330 g/mol. The maximum Gasteiger partial charge on any atom is 0.389 e. The fourth-order valence-corrected chi connectivity index (χ4v) is 3.69. The fraction of sp³-hybridized carbons (Fsp3) is 0.875. The summed E-state index contributed by atoms with van der Waals surface area (Å²) in [6, 6.07) is 0.192. The molecule has 3 rings (SSSR count). The van der Waals surface area contributed by atoms with E-state index < -0.39 is 12.6 Å². The van der Waals surface area contributed by atoms with Crippen molar-refractivity contribution in [1.82, 2.24) is 19.7 Å². The standard InChI is InChI=1S/C16H25F3N4/c1-22-10-7-13(8-11-22)23-14(6-9-16(17,18)19)20-15(21-23)12-4-2-3-5-12/h12-13H,2-11H2,1H3. The third kappa shape index (κ3) is 4.25. The number of aryl methyl sites for hydroxylation is 1. The van der Waals surface area contributed by atoms with Gasteiger partial charge in [0, 0.05) is 12.3 Å². The molecule has 1 aliphatic heterocycles. The molecule has 2 heterocycles. The van der Waals surface area contributed by atoms with E-state index in [1.807, 2.05) is 4.68 Å². The van der Waals surface area contributed by atoms with Crippen LogP contribution in [-0.2, 0) is 6.42 Å². The molecule has 0 spiro atoms. The molecule has 1 aromatic rings. The van der Waals surface area contributed by atoms with Gasteiger partial charge in [0.2, 0.25) is 0 Å². The molecule has 1 aliphatic carbocycles. The maximum atomic E-state index is 12.6. The van der Waals surface area contributed by atoms with Crippen molar-refractivity contribution in [3.8, 4) is 0 Å². The van der Waals surface area contributed by atoms with E-state index in [2.05, 4.69) is 22.0 Å². The number of halogens is 3. The average Bonchev–Trinajstić information content (AvgIpc) is 3.14. The molecule has 0 amide bonds. The van der Waals surface area contributed by atoms with E-state index in [9.17, 15) is 13.2 Å². The molecule has 7 heteroatoms. The smallest absolute Gasteiger partial charge is 0.306 e. The van der Waals surface area contributed by atoms with Crippen LogP contribution in [0.2, 0.25) is 0 Å². The molecule has 0 radical (unpaired) electrons. The predicted molar refractivity (Wildman–Crippen MR) is 81.4 cm³/mol. The Labute approximate surface area is 135 Å². The van der Waals surface area contributed by atoms with Gasteiger partial charge in [-0.2, -0.15) is 18.3 Å². The molecule has 0 atom stereocenters. The van der Waals surface area contributed by atoms with Crippen LogP contribution in [0.5, 0.6) is 0 Å². The molecule has 23 heavy (non-hydrogen) atoms. The molecule has 2 fully saturated rings. The minimum atomic E-state index is -4.14. The number of rotatable bonds is 4. The van der Waals surface area contributed by atoms with Crippen molar-refractivity contribution in [3.05, 3.63) is 11.6 Å². The minimum Gasteiger partial charge on any atom is -0.306 e. The molecule has 2 aliphatic rings. The molecule has 0 N–H and O–H groups in total. The molecule has 0 bridgehead atoms. The maximum absolute atomic E-state index is 12.6. The van der Waals surface area contributed by atoms with Gasteiger partial charge in [-0.1, -0.05) is 12.8 Å². The lowest BCUT2D eigenvalue weighted by molar-refractivity contribution is -0.134. The van der Waals surface area contributed by atoms with Crippen molar-refractivity contribution in [2.75, 3.05) is 20.1 Å². The molecular weight excluding hydrogens is 305 g/mol. The van der Waals surface area contributed by atoms with Crippen molar-refractivity contribution in [3.63, 3.8) is 0 Å². The summed E-state index contributed by atoms with van der Waals surface area (Å²) in [6.07, 6.45) is 1.32. The topological polar surface area (TPSA) is 34.0 Å². The third-order valence-corrected chi connectivity index (χ3v) is 5.10. The molecule has 0 aromatic carbocycles. The van der Waals surface area contributed by atoms with Gasteiger partial charge in [0.15, 0.2) is 5.82 Å². The minimum absolute atomic E-state index is 0.0600. The Morgan fingerprint density at radius 1 is 1.09 bits per heavy atom. The Hall–Kier alpha value is -1.11. The number of nitrogens with zero attached hydrogens (tertiary/aromatic N) is 4. The Morgan fingerprint density at radius 2 is 1.74 bits per heavy atom. The van der Waals surface area contributed by atoms with Crippen LogP contribution >= 0.6 is 0 Å². The van der Waals surface area contributed by atoms with Crippen LogP contribution in [0.1, 0.15) is 68.6 Å². The van der Waals surface area contributed by atoms with Crippen LogP contribution in [0.4, 0.5) is 13.2 Å². The molecule has 0 unspecified atom stereocenters. The Kier molecular flexibility index (Phi) is 4.94. The summed E-state index contributed by atoms with van der Waals surface area (Å²) in [6.45, 7) is 1.92. The lowest BCUT2D eigenvalue weighted by atomic mass is 10.1. The second kappa shape index (κ2) is 6.79. The van der Waals surface area contributed by atoms with Gasteiger partial charge in [0.05, 0.1) is 12.5 Å². The van der Waals surface area contributed by atoms with Crippen LogP contribution in [0.15, 0.2) is 0 Å². The van der Waals surface area contributed by atoms with E-state index in [0.717, 1.165) is 44.6 Å². The highest BCUT2D eigenvalue weighted by atomic mass is 19.4. The summed E-state index contributed by atoms with van der Waals surface area (Å²) in [5.41, 5.74) is 0. The first-order valence-corrected chi connectivity index (χ1v) is 8.63. The van der Waals surface area contributed by atoms with E-state index in [0.29, 0.717) is 11.7 Å². The van der Waals surface area contributed by atoms with Crippen molar-refractivity contribution >= 4 is 0 Å². The van der Waals surface area contributed by atoms with E-state index in [4.69, 9.17) is 0 Å². The van der Waals surface area contributed by atoms with Crippen LogP contribution < -0.4 is 0 Å². The second-order valence-electron chi connectivity index (χ2n) is 6.96. The van der Waals surface area contributed by atoms with Crippen LogP contribution in [-0.4, -0.2) is 46.0 Å². The zero-order chi connectivity index (χ0) is 16.4. The number of piperidine rings is 1. The summed E-state index contributed by atoms with van der Waals surface area (Å²) in [7, 11) is 2.08. The first-order valence-electron chi connectivity index (χ1n) is 8.63. The molecular formula is C16H25F3N4. The number of aromatic nitrogens is 3. The summed E-state index contributed by atoms with van der Waals surface area (Å²) >= 11 is 0. The van der Waals surface area contributed by atoms with Gasteiger partial charge in [-0.3, -0.25) is 0 Å². The normalized spacial score (nSPS) is 22.1. The van der Waals surface area contributed by atoms with E-state index in [1.165, 1.54) is 12.8 Å². The summed E-state index contributed by atoms with van der Waals surface area (Å²) in [4.78, 5) is 6.78. The highest BCUT2D eigenvalue weighted by molar-refractivity contribution is 5.03. The number of hydrogen-bond acceptors (Lipinski definition) is 3. The zero-order valence-electron chi connectivity index (χ0n) is 13.6. The quantitative estimate of drug-likeness (QED) is 0.844. The summed E-state index contributed by atoms with van der Waals surface area (Å²) in [5.74, 6) is 1.64. The highest BCUT2D eigenvalue weighted by Gasteiger charge is 2.31. The second-order valence-corrected chi connectivity index (χ2v) is 6.96. The van der Waals surface area contributed by atoms with Gasteiger partial charge in [-0.15, -0.1) is 0 Å². The van der Waals surface area contributed by atoms with Gasteiger partial charge in [0.1, 0.15) is 5.82 Å². The largest absolute Gasteiger partial charge is 0.389 e. The van der Waals surface area contributed by atoms with Gasteiger partial charge >= 0.3 is 6.18 Å². The van der Waals surface area contributed by atoms with Crippen LogP contribution in [0.25, 0.3) is 0 Å². The first kappa shape index (κ1) is 16.7. The van der Waals surface area contributed by atoms with Crippen LogP contribution in [0, 0.1) is 0 Å². The summed E-state index contributed by atoms with van der Waals surface area (Å²) in [5, 5.41) is 4.66. The van der Waals surface area contributed by atoms with Crippen LogP contribution in [0.3, 0.4) is 0 Å². The lowest BCUT2D eigenvalue weighted by Gasteiger charge is -2.29. The molecule has 4 nitrogen and oxygen atoms in total. The highest BCUT2D eigenvalue weighted by Crippen LogP contribution is 2.34. The van der Waals surface area contributed by atoms with Gasteiger partial charge in [-0.25, -0.2) is 9.67 Å². The number of likely N-dealkylation sites (tertiary alicyclic amines) is 1. The monoisotopic (exact) mass is 330 g/mol. The van der Waals surface area contributed by atoms with Crippen molar-refractivity contribution in [1.29, 1.82) is 0 Å². The summed E-state index contributed by atoms with van der Waals surface area (Å²) < 4.78 is 39.7. The number of hydrogen-bond donors (Lipinski definition) is 0. The Balaban J connectivity index is 1.79. The molecule has 130 valence electrons. The zero-order valence-corrected chi connectivity index (χ0v) is 13.6. The van der Waals surface area contributed by atoms with Crippen molar-refractivity contribution in [2.45, 2.75) is 69.5 Å². The Bertz CT molecular complexity index is 512. The van der Waals surface area contributed by atoms with Gasteiger partial charge in [-0.05, 0) is 45.8 Å². The molecule has 1 aromatic heterocycles. The predicted octanol–water partition coefficient (Wildman–Crippen LogP) is 3.70. The molecule has 1 saturated heterocycles. The van der Waals surface area contributed by atoms with E-state index >= 15 is 0 Å². The van der Waals surface area contributed by atoms with Crippen molar-refractivity contribution < 1.29 is 13.2 Å². The van der Waals surface area contributed by atoms with Crippen molar-refractivity contribution in [2.24, 2.45) is 0 Å². The van der Waals surface area contributed by atoms with Gasteiger partial charge < -0.3 is 4.90 Å². The fourth-order valence-electron chi connectivity index (χ4n) is 3.69. The van der Waals surface area contributed by atoms with E-state index in [-0.39, 0.29) is 12.5 Å². The molecule has 1 saturated carbocycles. The third-order valence-electron chi connectivity index (χ3n) is 5.10. The number of alkyl halides is 3. The SMILES string of the molecule is CN1CCC(n2nc(C3CCCC3)nc2CCC(F)(F)F)CC1. The Morgan fingerprint density at radius 3 is 2.35 bits per heavy atom. The van der Waals surface area contributed by atoms with Gasteiger partial charge in [0.25, 0.3) is 0 Å². The van der Waals surface area contributed by atoms with E-state index in [1.54, 1.807) is 0 Å².